The summed E-state index contributed by atoms with van der Waals surface area (Å²) in [5.74, 6) is -0.247. The molecule has 0 amide bonds. The van der Waals surface area contributed by atoms with Gasteiger partial charge in [0.25, 0.3) is 0 Å². The second-order valence-electron chi connectivity index (χ2n) is 5.53. The highest BCUT2D eigenvalue weighted by atomic mass is 32.2. The Morgan fingerprint density at radius 3 is 2.55 bits per heavy atom. The highest BCUT2D eigenvalue weighted by Gasteiger charge is 2.43. The minimum Gasteiger partial charge on any atom is -0.496 e. The maximum absolute atomic E-state index is 13.4. The number of hydrogen-bond acceptors (Lipinski definition) is 3. The molecule has 2 aliphatic heterocycles. The van der Waals surface area contributed by atoms with Crippen LogP contribution in [0.4, 0.5) is 4.39 Å². The summed E-state index contributed by atoms with van der Waals surface area (Å²) in [5, 5.41) is 0.282. The van der Waals surface area contributed by atoms with Crippen LogP contribution in [0.1, 0.15) is 36.0 Å². The lowest BCUT2D eigenvalue weighted by Gasteiger charge is -2.26. The van der Waals surface area contributed by atoms with Crippen LogP contribution in [0.25, 0.3) is 0 Å². The van der Waals surface area contributed by atoms with Gasteiger partial charge in [-0.05, 0) is 43.9 Å². The molecule has 2 heterocycles. The Balaban J connectivity index is 1.86. The van der Waals surface area contributed by atoms with Gasteiger partial charge in [0.05, 0.1) is 12.7 Å². The first-order valence-electron chi connectivity index (χ1n) is 6.87. The van der Waals surface area contributed by atoms with Crippen molar-refractivity contribution in [3.8, 4) is 5.75 Å². The zero-order valence-corrected chi connectivity index (χ0v) is 12.1. The molecule has 5 heteroatoms. The Morgan fingerprint density at radius 1 is 1.30 bits per heavy atom. The lowest BCUT2D eigenvalue weighted by atomic mass is 9.90. The summed E-state index contributed by atoms with van der Waals surface area (Å²) in [4.78, 5) is 12.6. The van der Waals surface area contributed by atoms with E-state index in [1.54, 1.807) is 0 Å². The Hall–Kier alpha value is -1.23. The van der Waals surface area contributed by atoms with Crippen molar-refractivity contribution in [2.45, 2.75) is 36.2 Å². The van der Waals surface area contributed by atoms with Gasteiger partial charge < -0.3 is 4.74 Å². The number of benzene rings is 1. The average Bonchev–Trinajstić information content (AvgIpc) is 2.68. The van der Waals surface area contributed by atoms with Crippen LogP contribution in [0.3, 0.4) is 0 Å². The SMILES string of the molecule is COc1ccc(F)cc1C(=O)C1CC2CCC(C1)S2=O. The van der Waals surface area contributed by atoms with Gasteiger partial charge in [-0.2, -0.15) is 0 Å². The van der Waals surface area contributed by atoms with E-state index < -0.39 is 16.6 Å². The summed E-state index contributed by atoms with van der Waals surface area (Å²) in [6, 6.07) is 4.02. The van der Waals surface area contributed by atoms with Gasteiger partial charge in [0, 0.05) is 27.2 Å². The molecule has 0 saturated carbocycles. The van der Waals surface area contributed by atoms with E-state index in [4.69, 9.17) is 4.74 Å². The monoisotopic (exact) mass is 296 g/mol. The van der Waals surface area contributed by atoms with Crippen molar-refractivity contribution in [3.63, 3.8) is 0 Å². The lowest BCUT2D eigenvalue weighted by molar-refractivity contribution is 0.0902. The minimum atomic E-state index is -0.781. The smallest absolute Gasteiger partial charge is 0.169 e. The molecule has 1 aromatic carbocycles. The van der Waals surface area contributed by atoms with Gasteiger partial charge in [-0.1, -0.05) is 0 Å². The van der Waals surface area contributed by atoms with Gasteiger partial charge >= 0.3 is 0 Å². The molecule has 2 unspecified atom stereocenters. The standard InChI is InChI=1S/C15H17FO3S/c1-19-14-5-2-10(16)8-13(14)15(17)9-6-11-3-4-12(7-9)20(11)18/h2,5,8-9,11-12H,3-4,6-7H2,1H3. The van der Waals surface area contributed by atoms with E-state index in [2.05, 4.69) is 0 Å². The number of ether oxygens (including phenoxy) is 1. The average molecular weight is 296 g/mol. The number of ketones is 1. The summed E-state index contributed by atoms with van der Waals surface area (Å²) < 4.78 is 30.5. The molecule has 3 nitrogen and oxygen atoms in total. The van der Waals surface area contributed by atoms with Crippen molar-refractivity contribution in [3.05, 3.63) is 29.6 Å². The summed E-state index contributed by atoms with van der Waals surface area (Å²) in [6.45, 7) is 0. The quantitative estimate of drug-likeness (QED) is 0.806. The predicted molar refractivity (Wildman–Crippen MR) is 75.0 cm³/mol. The number of hydrogen-bond donors (Lipinski definition) is 0. The number of carbonyl (C=O) groups is 1. The van der Waals surface area contributed by atoms with Crippen molar-refractivity contribution >= 4 is 16.6 Å². The van der Waals surface area contributed by atoms with Crippen LogP contribution in [0.2, 0.25) is 0 Å². The van der Waals surface area contributed by atoms with Gasteiger partial charge in [-0.15, -0.1) is 0 Å². The maximum Gasteiger partial charge on any atom is 0.169 e. The third kappa shape index (κ3) is 2.28. The third-order valence-electron chi connectivity index (χ3n) is 4.36. The normalized spacial score (nSPS) is 32.1. The van der Waals surface area contributed by atoms with Crippen LogP contribution >= 0.6 is 0 Å². The number of methoxy groups -OCH3 is 1. The zero-order chi connectivity index (χ0) is 14.3. The van der Waals surface area contributed by atoms with Gasteiger partial charge in [-0.25, -0.2) is 4.39 Å². The fourth-order valence-corrected chi connectivity index (χ4v) is 5.46. The van der Waals surface area contributed by atoms with E-state index in [9.17, 15) is 13.4 Å². The van der Waals surface area contributed by atoms with Gasteiger partial charge in [-0.3, -0.25) is 9.00 Å². The molecule has 2 fully saturated rings. The van der Waals surface area contributed by atoms with E-state index >= 15 is 0 Å². The van der Waals surface area contributed by atoms with E-state index in [1.165, 1.54) is 25.3 Å². The number of halogens is 1. The molecule has 1 aromatic rings. The Morgan fingerprint density at radius 2 is 1.95 bits per heavy atom. The Kier molecular flexibility index (Phi) is 3.63. The maximum atomic E-state index is 13.4. The molecule has 0 aromatic heterocycles. The first-order chi connectivity index (χ1) is 9.60. The second-order valence-corrected chi connectivity index (χ2v) is 7.52. The fraction of sp³-hybridized carbons (Fsp3) is 0.533. The van der Waals surface area contributed by atoms with Crippen molar-refractivity contribution in [1.29, 1.82) is 0 Å². The summed E-state index contributed by atoms with van der Waals surface area (Å²) in [7, 11) is 0.695. The van der Waals surface area contributed by atoms with Crippen molar-refractivity contribution < 1.29 is 18.1 Å². The number of Topliss-reactive ketones (excluding diaryl/α,β-unsaturated/α-hetero) is 1. The highest BCUT2D eigenvalue weighted by Crippen LogP contribution is 2.40. The van der Waals surface area contributed by atoms with Gasteiger partial charge in [0.2, 0.25) is 0 Å². The summed E-state index contributed by atoms with van der Waals surface area (Å²) >= 11 is 0. The molecule has 3 rings (SSSR count). The molecule has 0 N–H and O–H groups in total. The first kappa shape index (κ1) is 13.7. The fourth-order valence-electron chi connectivity index (χ4n) is 3.34. The third-order valence-corrected chi connectivity index (χ3v) is 6.53. The minimum absolute atomic E-state index is 0.0741. The number of fused-ring (bicyclic) bond motifs is 2. The lowest BCUT2D eigenvalue weighted by Crippen LogP contribution is -2.32. The molecule has 20 heavy (non-hydrogen) atoms. The van der Waals surface area contributed by atoms with Crippen LogP contribution in [-0.4, -0.2) is 27.6 Å². The second kappa shape index (κ2) is 5.28. The molecule has 2 aliphatic rings. The highest BCUT2D eigenvalue weighted by molar-refractivity contribution is 7.86. The molecular formula is C15H17FO3S. The van der Waals surface area contributed by atoms with Crippen molar-refractivity contribution in [2.24, 2.45) is 5.92 Å². The molecule has 2 atom stereocenters. The largest absolute Gasteiger partial charge is 0.496 e. The molecular weight excluding hydrogens is 279 g/mol. The van der Waals surface area contributed by atoms with E-state index in [1.807, 2.05) is 0 Å². The van der Waals surface area contributed by atoms with Crippen LogP contribution in [0, 0.1) is 11.7 Å². The van der Waals surface area contributed by atoms with E-state index in [0.29, 0.717) is 24.2 Å². The van der Waals surface area contributed by atoms with E-state index in [0.717, 1.165) is 12.8 Å². The van der Waals surface area contributed by atoms with Crippen molar-refractivity contribution in [2.75, 3.05) is 7.11 Å². The zero-order valence-electron chi connectivity index (χ0n) is 11.3. The molecule has 0 aliphatic carbocycles. The van der Waals surface area contributed by atoms with E-state index in [-0.39, 0.29) is 22.2 Å². The molecule has 2 bridgehead atoms. The number of rotatable bonds is 3. The molecule has 0 spiro atoms. The molecule has 2 saturated heterocycles. The number of carbonyl (C=O) groups excluding carboxylic acids is 1. The topological polar surface area (TPSA) is 43.4 Å². The molecule has 0 radical (unpaired) electrons. The predicted octanol–water partition coefficient (Wildman–Crippen LogP) is 2.71. The van der Waals surface area contributed by atoms with Crippen LogP contribution in [0.15, 0.2) is 18.2 Å². The van der Waals surface area contributed by atoms with Crippen LogP contribution in [0.5, 0.6) is 5.75 Å². The van der Waals surface area contributed by atoms with Gasteiger partial charge in [0.1, 0.15) is 11.6 Å². The van der Waals surface area contributed by atoms with Gasteiger partial charge in [0.15, 0.2) is 5.78 Å². The Bertz CT molecular complexity index is 556. The Labute approximate surface area is 120 Å². The summed E-state index contributed by atoms with van der Waals surface area (Å²) in [6.07, 6.45) is 3.20. The summed E-state index contributed by atoms with van der Waals surface area (Å²) in [5.41, 5.74) is 0.310. The van der Waals surface area contributed by atoms with Crippen LogP contribution < -0.4 is 4.74 Å². The first-order valence-corrected chi connectivity index (χ1v) is 8.15. The molecule has 108 valence electrons. The van der Waals surface area contributed by atoms with Crippen LogP contribution in [-0.2, 0) is 10.8 Å². The van der Waals surface area contributed by atoms with Crippen molar-refractivity contribution in [1.82, 2.24) is 0 Å².